The number of carbonyl (C=O) groups excluding carboxylic acids is 2. The molecule has 2 N–H and O–H groups in total. The number of aromatic nitrogens is 4. The van der Waals surface area contributed by atoms with Crippen molar-refractivity contribution in [2.75, 3.05) is 31.1 Å². The number of urea groups is 1. The molecule has 2 aromatic rings. The molecule has 4 rings (SSSR count). The molecule has 126 valence electrons. The molecule has 0 radical (unpaired) electrons. The number of carbonyl (C=O) groups is 2. The molecule has 0 atom stereocenters. The van der Waals surface area contributed by atoms with Gasteiger partial charge < -0.3 is 10.2 Å². The molecule has 2 fully saturated rings. The van der Waals surface area contributed by atoms with Crippen molar-refractivity contribution >= 4 is 17.6 Å². The smallest absolute Gasteiger partial charge is 0.322 e. The van der Waals surface area contributed by atoms with Crippen LogP contribution in [0.4, 0.5) is 10.5 Å². The van der Waals surface area contributed by atoms with Gasteiger partial charge in [0.1, 0.15) is 0 Å². The molecule has 0 unspecified atom stereocenters. The van der Waals surface area contributed by atoms with Gasteiger partial charge in [-0.05, 0) is 13.8 Å². The number of amides is 3. The average molecular weight is 329 g/mol. The van der Waals surface area contributed by atoms with Crippen molar-refractivity contribution in [1.82, 2.24) is 30.2 Å². The van der Waals surface area contributed by atoms with Crippen molar-refractivity contribution in [3.8, 4) is 0 Å². The first-order valence-electron chi connectivity index (χ1n) is 7.95. The van der Waals surface area contributed by atoms with E-state index in [4.69, 9.17) is 0 Å². The Morgan fingerprint density at radius 3 is 2.75 bits per heavy atom. The largest absolute Gasteiger partial charge is 0.336 e. The molecule has 0 spiro atoms. The van der Waals surface area contributed by atoms with Crippen molar-refractivity contribution in [3.05, 3.63) is 29.3 Å². The van der Waals surface area contributed by atoms with E-state index in [1.54, 1.807) is 16.0 Å². The molecule has 0 aliphatic carbocycles. The van der Waals surface area contributed by atoms with Crippen LogP contribution in [0.15, 0.2) is 12.4 Å². The van der Waals surface area contributed by atoms with Crippen LogP contribution in [0.3, 0.4) is 0 Å². The van der Waals surface area contributed by atoms with Crippen LogP contribution in [-0.2, 0) is 0 Å². The lowest BCUT2D eigenvalue weighted by atomic mass is 10.1. The number of nitrogens with one attached hydrogen (secondary N) is 2. The number of H-pyrrole nitrogens is 1. The van der Waals surface area contributed by atoms with Gasteiger partial charge in [-0.2, -0.15) is 10.2 Å². The van der Waals surface area contributed by atoms with E-state index in [0.29, 0.717) is 31.7 Å². The molecule has 9 heteroatoms. The minimum Gasteiger partial charge on any atom is -0.336 e. The molecule has 4 heterocycles. The number of rotatable bonds is 3. The zero-order valence-corrected chi connectivity index (χ0v) is 13.6. The Hall–Kier alpha value is -2.84. The van der Waals surface area contributed by atoms with Crippen molar-refractivity contribution in [2.45, 2.75) is 19.9 Å². The normalized spacial score (nSPS) is 18.0. The Morgan fingerprint density at radius 1 is 1.33 bits per heavy atom. The highest BCUT2D eigenvalue weighted by molar-refractivity contribution is 5.97. The third-order valence-corrected chi connectivity index (χ3v) is 4.62. The molecular weight excluding hydrogens is 310 g/mol. The lowest BCUT2D eigenvalue weighted by Gasteiger charge is -2.39. The van der Waals surface area contributed by atoms with Crippen LogP contribution in [0.2, 0.25) is 0 Å². The van der Waals surface area contributed by atoms with Crippen molar-refractivity contribution in [1.29, 1.82) is 0 Å². The summed E-state index contributed by atoms with van der Waals surface area (Å²) >= 11 is 0. The van der Waals surface area contributed by atoms with Crippen LogP contribution >= 0.6 is 0 Å². The molecule has 2 aromatic heterocycles. The van der Waals surface area contributed by atoms with E-state index in [1.165, 1.54) is 0 Å². The van der Waals surface area contributed by atoms with Gasteiger partial charge in [-0.1, -0.05) is 0 Å². The van der Waals surface area contributed by atoms with Gasteiger partial charge in [-0.15, -0.1) is 0 Å². The summed E-state index contributed by atoms with van der Waals surface area (Å²) in [7, 11) is 0. The molecule has 0 aromatic carbocycles. The SMILES string of the molecule is Cc1n[nH]c(C)c1C(=O)N1CC(n2cc(N3CCNC3=O)cn2)C1. The van der Waals surface area contributed by atoms with Crippen molar-refractivity contribution in [2.24, 2.45) is 0 Å². The van der Waals surface area contributed by atoms with Gasteiger partial charge in [0.15, 0.2) is 0 Å². The Labute approximate surface area is 138 Å². The van der Waals surface area contributed by atoms with Crippen LogP contribution in [-0.4, -0.2) is 63.0 Å². The second kappa shape index (κ2) is 5.36. The van der Waals surface area contributed by atoms with E-state index in [9.17, 15) is 9.59 Å². The van der Waals surface area contributed by atoms with Crippen molar-refractivity contribution < 1.29 is 9.59 Å². The standard InChI is InChI=1S/C15H19N7O2/c1-9-13(10(2)19-18-9)14(23)20-6-12(7-20)22-8-11(5-17-22)21-4-3-16-15(21)24/h5,8,12H,3-4,6-7H2,1-2H3,(H,16,24)(H,18,19). The summed E-state index contributed by atoms with van der Waals surface area (Å²) in [6.07, 6.45) is 3.56. The van der Waals surface area contributed by atoms with E-state index in [-0.39, 0.29) is 18.0 Å². The van der Waals surface area contributed by atoms with Crippen LogP contribution in [0.1, 0.15) is 27.8 Å². The molecule has 9 nitrogen and oxygen atoms in total. The number of nitrogens with zero attached hydrogens (tertiary/aromatic N) is 5. The number of likely N-dealkylation sites (tertiary alicyclic amines) is 1. The van der Waals surface area contributed by atoms with Crippen LogP contribution in [0.25, 0.3) is 0 Å². The summed E-state index contributed by atoms with van der Waals surface area (Å²) in [5, 5.41) is 14.0. The van der Waals surface area contributed by atoms with Crippen molar-refractivity contribution in [3.63, 3.8) is 0 Å². The van der Waals surface area contributed by atoms with Gasteiger partial charge >= 0.3 is 6.03 Å². The molecule has 2 saturated heterocycles. The first kappa shape index (κ1) is 14.7. The van der Waals surface area contributed by atoms with Gasteiger partial charge in [0, 0.05) is 38.1 Å². The quantitative estimate of drug-likeness (QED) is 0.854. The summed E-state index contributed by atoms with van der Waals surface area (Å²) in [4.78, 5) is 27.7. The number of anilines is 1. The summed E-state index contributed by atoms with van der Waals surface area (Å²) in [6, 6.07) is 0.0479. The predicted octanol–water partition coefficient (Wildman–Crippen LogP) is 0.450. The lowest BCUT2D eigenvalue weighted by molar-refractivity contribution is 0.0500. The third-order valence-electron chi connectivity index (χ3n) is 4.62. The van der Waals surface area contributed by atoms with Gasteiger partial charge in [0.25, 0.3) is 5.91 Å². The Kier molecular flexibility index (Phi) is 3.29. The Balaban J connectivity index is 1.42. The summed E-state index contributed by atoms with van der Waals surface area (Å²) < 4.78 is 1.83. The van der Waals surface area contributed by atoms with Gasteiger partial charge in [-0.3, -0.25) is 19.5 Å². The lowest BCUT2D eigenvalue weighted by Crippen LogP contribution is -2.51. The number of hydrogen-bond donors (Lipinski definition) is 2. The van der Waals surface area contributed by atoms with E-state index < -0.39 is 0 Å². The van der Waals surface area contributed by atoms with Crippen LogP contribution < -0.4 is 10.2 Å². The zero-order valence-electron chi connectivity index (χ0n) is 13.6. The van der Waals surface area contributed by atoms with Gasteiger partial charge in [0.2, 0.25) is 0 Å². The molecule has 0 saturated carbocycles. The minimum absolute atomic E-state index is 0.00120. The average Bonchev–Trinajstić information content (AvgIpc) is 3.19. The highest BCUT2D eigenvalue weighted by Gasteiger charge is 2.35. The maximum atomic E-state index is 12.5. The minimum atomic E-state index is -0.0918. The van der Waals surface area contributed by atoms with Crippen LogP contribution in [0.5, 0.6) is 0 Å². The summed E-state index contributed by atoms with van der Waals surface area (Å²) in [6.45, 7) is 6.20. The third kappa shape index (κ3) is 2.24. The number of aryl methyl sites for hydroxylation is 2. The predicted molar refractivity (Wildman–Crippen MR) is 86.0 cm³/mol. The highest BCUT2D eigenvalue weighted by atomic mass is 16.2. The fourth-order valence-corrected chi connectivity index (χ4v) is 3.20. The number of hydrogen-bond acceptors (Lipinski definition) is 4. The Morgan fingerprint density at radius 2 is 2.12 bits per heavy atom. The summed E-state index contributed by atoms with van der Waals surface area (Å²) in [5.41, 5.74) is 2.96. The van der Waals surface area contributed by atoms with Gasteiger partial charge in [0.05, 0.1) is 29.2 Å². The van der Waals surface area contributed by atoms with E-state index in [0.717, 1.165) is 17.1 Å². The molecule has 2 aliphatic heterocycles. The van der Waals surface area contributed by atoms with E-state index in [2.05, 4.69) is 20.6 Å². The van der Waals surface area contributed by atoms with E-state index in [1.807, 2.05) is 24.7 Å². The summed E-state index contributed by atoms with van der Waals surface area (Å²) in [5.74, 6) is 0.00120. The fraction of sp³-hybridized carbons (Fsp3) is 0.467. The second-order valence-electron chi connectivity index (χ2n) is 6.24. The first-order chi connectivity index (χ1) is 11.5. The highest BCUT2D eigenvalue weighted by Crippen LogP contribution is 2.26. The molecule has 2 aliphatic rings. The first-order valence-corrected chi connectivity index (χ1v) is 7.95. The molecular formula is C15H19N7O2. The monoisotopic (exact) mass is 329 g/mol. The maximum absolute atomic E-state index is 12.5. The molecule has 24 heavy (non-hydrogen) atoms. The van der Waals surface area contributed by atoms with Crippen LogP contribution in [0, 0.1) is 13.8 Å². The topological polar surface area (TPSA) is 99.1 Å². The molecule has 3 amide bonds. The molecule has 0 bridgehead atoms. The Bertz CT molecular complexity index is 783. The second-order valence-corrected chi connectivity index (χ2v) is 6.24. The zero-order chi connectivity index (χ0) is 16.8. The maximum Gasteiger partial charge on any atom is 0.322 e. The van der Waals surface area contributed by atoms with E-state index >= 15 is 0 Å². The van der Waals surface area contributed by atoms with Gasteiger partial charge in [-0.25, -0.2) is 4.79 Å². The fourth-order valence-electron chi connectivity index (χ4n) is 3.20. The number of aromatic amines is 1.